The molecule has 1 atom stereocenters. The zero-order chi connectivity index (χ0) is 22.5. The molecule has 0 saturated carbocycles. The molecular formula is C21H18Cl2N2O6. The van der Waals surface area contributed by atoms with Crippen molar-refractivity contribution in [1.82, 2.24) is 0 Å². The van der Waals surface area contributed by atoms with Gasteiger partial charge in [0.2, 0.25) is 5.91 Å². The summed E-state index contributed by atoms with van der Waals surface area (Å²) in [5.41, 5.74) is 1.18. The lowest BCUT2D eigenvalue weighted by atomic mass is 10.1. The zero-order valence-electron chi connectivity index (χ0n) is 16.4. The zero-order valence-corrected chi connectivity index (χ0v) is 17.9. The van der Waals surface area contributed by atoms with Crippen molar-refractivity contribution in [3.63, 3.8) is 0 Å². The number of hydrogen-bond donors (Lipinski definition) is 1. The molecule has 3 rings (SSSR count). The van der Waals surface area contributed by atoms with Crippen molar-refractivity contribution in [2.75, 3.05) is 30.5 Å². The summed E-state index contributed by atoms with van der Waals surface area (Å²) >= 11 is 12.2. The molecule has 10 heteroatoms. The highest BCUT2D eigenvalue weighted by Gasteiger charge is 2.37. The second-order valence-electron chi connectivity index (χ2n) is 6.70. The summed E-state index contributed by atoms with van der Waals surface area (Å²) in [6.45, 7) is -0.436. The molecule has 8 nitrogen and oxygen atoms in total. The lowest BCUT2D eigenvalue weighted by molar-refractivity contribution is -0.151. The minimum atomic E-state index is -0.727. The highest BCUT2D eigenvalue weighted by atomic mass is 35.5. The third-order valence-corrected chi connectivity index (χ3v) is 5.42. The quantitative estimate of drug-likeness (QED) is 0.657. The monoisotopic (exact) mass is 464 g/mol. The first kappa shape index (κ1) is 22.6. The van der Waals surface area contributed by atoms with Gasteiger partial charge >= 0.3 is 11.9 Å². The van der Waals surface area contributed by atoms with E-state index in [1.54, 1.807) is 18.2 Å². The Morgan fingerprint density at radius 1 is 1.13 bits per heavy atom. The molecule has 2 amide bonds. The number of rotatable bonds is 6. The number of amides is 2. The molecule has 2 aromatic carbocycles. The molecular weight excluding hydrogens is 447 g/mol. The molecule has 1 fully saturated rings. The number of nitrogens with one attached hydrogen (secondary N) is 1. The maximum absolute atomic E-state index is 12.3. The summed E-state index contributed by atoms with van der Waals surface area (Å²) in [4.78, 5) is 49.5. The van der Waals surface area contributed by atoms with Gasteiger partial charge in [0.1, 0.15) is 0 Å². The minimum Gasteiger partial charge on any atom is -0.465 e. The Balaban J connectivity index is 1.52. The Labute approximate surface area is 188 Å². The van der Waals surface area contributed by atoms with E-state index in [1.807, 2.05) is 0 Å². The fourth-order valence-electron chi connectivity index (χ4n) is 3.06. The van der Waals surface area contributed by atoms with Crippen molar-refractivity contribution < 1.29 is 28.7 Å². The molecule has 1 saturated heterocycles. The fraction of sp³-hybridized carbons (Fsp3) is 0.238. The van der Waals surface area contributed by atoms with Crippen LogP contribution in [0.2, 0.25) is 10.0 Å². The molecule has 1 N–H and O–H groups in total. The van der Waals surface area contributed by atoms with E-state index in [4.69, 9.17) is 27.9 Å². The van der Waals surface area contributed by atoms with Crippen LogP contribution in [0.1, 0.15) is 16.8 Å². The Bertz CT molecular complexity index is 1030. The van der Waals surface area contributed by atoms with Crippen LogP contribution in [0.25, 0.3) is 0 Å². The predicted molar refractivity (Wildman–Crippen MR) is 114 cm³/mol. The molecule has 0 aliphatic carbocycles. The van der Waals surface area contributed by atoms with Gasteiger partial charge in [-0.25, -0.2) is 4.79 Å². The van der Waals surface area contributed by atoms with E-state index < -0.39 is 30.4 Å². The van der Waals surface area contributed by atoms with Crippen molar-refractivity contribution in [2.45, 2.75) is 6.42 Å². The number of benzene rings is 2. The van der Waals surface area contributed by atoms with Gasteiger partial charge in [0.05, 0.1) is 34.3 Å². The molecule has 162 valence electrons. The van der Waals surface area contributed by atoms with E-state index in [-0.39, 0.29) is 23.9 Å². The van der Waals surface area contributed by atoms with Crippen LogP contribution in [0, 0.1) is 5.92 Å². The number of ether oxygens (including phenoxy) is 2. The Kier molecular flexibility index (Phi) is 7.14. The number of methoxy groups -OCH3 is 1. The van der Waals surface area contributed by atoms with Crippen LogP contribution in [-0.4, -0.2) is 44.0 Å². The molecule has 1 heterocycles. The van der Waals surface area contributed by atoms with Crippen molar-refractivity contribution in [3.05, 3.63) is 58.1 Å². The van der Waals surface area contributed by atoms with Crippen LogP contribution in [0.5, 0.6) is 0 Å². The van der Waals surface area contributed by atoms with E-state index in [0.717, 1.165) is 0 Å². The molecule has 0 aromatic heterocycles. The molecule has 31 heavy (non-hydrogen) atoms. The third kappa shape index (κ3) is 5.34. The topological polar surface area (TPSA) is 102 Å². The minimum absolute atomic E-state index is 0.0573. The van der Waals surface area contributed by atoms with Crippen molar-refractivity contribution in [3.8, 4) is 0 Å². The van der Waals surface area contributed by atoms with Crippen LogP contribution in [0.3, 0.4) is 0 Å². The average molecular weight is 465 g/mol. The van der Waals surface area contributed by atoms with E-state index in [2.05, 4.69) is 10.1 Å². The van der Waals surface area contributed by atoms with Gasteiger partial charge in [0, 0.05) is 18.7 Å². The third-order valence-electron chi connectivity index (χ3n) is 4.62. The highest BCUT2D eigenvalue weighted by molar-refractivity contribution is 6.44. The maximum atomic E-state index is 12.3. The van der Waals surface area contributed by atoms with Gasteiger partial charge in [0.15, 0.2) is 6.61 Å². The molecule has 2 aromatic rings. The van der Waals surface area contributed by atoms with Gasteiger partial charge in [-0.15, -0.1) is 0 Å². The van der Waals surface area contributed by atoms with Gasteiger partial charge in [-0.1, -0.05) is 29.3 Å². The molecule has 0 spiro atoms. The number of carbonyl (C=O) groups excluding carboxylic acids is 4. The summed E-state index contributed by atoms with van der Waals surface area (Å²) in [6.07, 6.45) is -0.0573. The standard InChI is InChI=1S/C21H18Cl2N2O6/c1-30-20(28)12-5-7-14(8-6-12)24-17(26)11-31-21(29)13-9-18(27)25(10-13)16-4-2-3-15(22)19(16)23/h2-8,13H,9-11H2,1H3,(H,24,26)/t13-/m0/s1. The number of halogens is 2. The number of carbonyl (C=O) groups is 4. The summed E-state index contributed by atoms with van der Waals surface area (Å²) in [7, 11) is 1.27. The van der Waals surface area contributed by atoms with E-state index >= 15 is 0 Å². The largest absolute Gasteiger partial charge is 0.465 e. The predicted octanol–water partition coefficient (Wildman–Crippen LogP) is 3.31. The Hall–Kier alpha value is -3.10. The Morgan fingerprint density at radius 3 is 2.52 bits per heavy atom. The van der Waals surface area contributed by atoms with E-state index in [9.17, 15) is 19.2 Å². The second kappa shape index (κ2) is 9.80. The van der Waals surface area contributed by atoms with Crippen LogP contribution in [-0.2, 0) is 23.9 Å². The maximum Gasteiger partial charge on any atom is 0.337 e. The molecule has 0 bridgehead atoms. The van der Waals surface area contributed by atoms with Crippen molar-refractivity contribution >= 4 is 58.3 Å². The summed E-state index contributed by atoms with van der Waals surface area (Å²) in [6, 6.07) is 10.9. The van der Waals surface area contributed by atoms with Crippen molar-refractivity contribution in [1.29, 1.82) is 0 Å². The van der Waals surface area contributed by atoms with Crippen LogP contribution in [0.4, 0.5) is 11.4 Å². The lowest BCUT2D eigenvalue weighted by Crippen LogP contribution is -2.28. The van der Waals surface area contributed by atoms with E-state index in [1.165, 1.54) is 36.3 Å². The van der Waals surface area contributed by atoms with Crippen LogP contribution < -0.4 is 10.2 Å². The second-order valence-corrected chi connectivity index (χ2v) is 7.49. The summed E-state index contributed by atoms with van der Waals surface area (Å²) in [5, 5.41) is 3.08. The fourth-order valence-corrected chi connectivity index (χ4v) is 3.46. The number of nitrogens with zero attached hydrogens (tertiary/aromatic N) is 1. The van der Waals surface area contributed by atoms with E-state index in [0.29, 0.717) is 22.0 Å². The molecule has 0 unspecified atom stereocenters. The Morgan fingerprint density at radius 2 is 1.84 bits per heavy atom. The molecule has 1 aliphatic heterocycles. The van der Waals surface area contributed by atoms with Crippen LogP contribution >= 0.6 is 23.2 Å². The summed E-state index contributed by atoms with van der Waals surface area (Å²) in [5.74, 6) is -2.73. The first-order valence-corrected chi connectivity index (χ1v) is 9.95. The van der Waals surface area contributed by atoms with Crippen LogP contribution in [0.15, 0.2) is 42.5 Å². The average Bonchev–Trinajstić information content (AvgIpc) is 3.15. The van der Waals surface area contributed by atoms with Gasteiger partial charge in [-0.05, 0) is 36.4 Å². The van der Waals surface area contributed by atoms with Crippen molar-refractivity contribution in [2.24, 2.45) is 5.92 Å². The highest BCUT2D eigenvalue weighted by Crippen LogP contribution is 2.35. The summed E-state index contributed by atoms with van der Waals surface area (Å²) < 4.78 is 9.66. The molecule has 1 aliphatic rings. The first-order valence-electron chi connectivity index (χ1n) is 9.19. The SMILES string of the molecule is COC(=O)c1ccc(NC(=O)COC(=O)[C@H]2CC(=O)N(c3cccc(Cl)c3Cl)C2)cc1. The number of anilines is 2. The smallest absolute Gasteiger partial charge is 0.337 e. The normalized spacial score (nSPS) is 15.5. The number of esters is 2. The van der Waals surface area contributed by atoms with Gasteiger partial charge in [-0.3, -0.25) is 14.4 Å². The number of hydrogen-bond acceptors (Lipinski definition) is 6. The molecule has 0 radical (unpaired) electrons. The first-order chi connectivity index (χ1) is 14.8. The van der Waals surface area contributed by atoms with Gasteiger partial charge < -0.3 is 19.7 Å². The van der Waals surface area contributed by atoms with Gasteiger partial charge in [0.25, 0.3) is 5.91 Å². The van der Waals surface area contributed by atoms with Gasteiger partial charge in [-0.2, -0.15) is 0 Å². The lowest BCUT2D eigenvalue weighted by Gasteiger charge is -2.18.